The molecule has 0 fully saturated rings. The predicted octanol–water partition coefficient (Wildman–Crippen LogP) is 4.16. The third-order valence-electron chi connectivity index (χ3n) is 4.89. The van der Waals surface area contributed by atoms with Crippen molar-refractivity contribution in [3.63, 3.8) is 0 Å². The Kier molecular flexibility index (Phi) is 6.71. The topological polar surface area (TPSA) is 49.4 Å². The first-order chi connectivity index (χ1) is 13.2. The molecule has 142 valence electrons. The number of hydrogen-bond donors (Lipinski definition) is 1. The van der Waals surface area contributed by atoms with Gasteiger partial charge in [-0.1, -0.05) is 49.6 Å². The van der Waals surface area contributed by atoms with E-state index in [9.17, 15) is 14.0 Å². The van der Waals surface area contributed by atoms with E-state index in [4.69, 9.17) is 0 Å². The molecular formula is C22H25FN2O2. The van der Waals surface area contributed by atoms with Crippen LogP contribution in [0.1, 0.15) is 58.4 Å². The van der Waals surface area contributed by atoms with Crippen molar-refractivity contribution in [1.82, 2.24) is 10.2 Å². The molecule has 2 amide bonds. The van der Waals surface area contributed by atoms with Gasteiger partial charge in [-0.25, -0.2) is 4.39 Å². The van der Waals surface area contributed by atoms with E-state index in [0.29, 0.717) is 29.8 Å². The summed E-state index contributed by atoms with van der Waals surface area (Å²) in [5, 5.41) is 3.26. The van der Waals surface area contributed by atoms with Crippen LogP contribution in [0, 0.1) is 5.82 Å². The van der Waals surface area contributed by atoms with Gasteiger partial charge in [0.25, 0.3) is 11.8 Å². The van der Waals surface area contributed by atoms with Crippen molar-refractivity contribution in [3.8, 4) is 0 Å². The number of carbonyl (C=O) groups is 2. The molecule has 5 heteroatoms. The lowest BCUT2D eigenvalue weighted by Gasteiger charge is -2.13. The summed E-state index contributed by atoms with van der Waals surface area (Å²) in [6.45, 7) is 1.89. The Hall–Kier alpha value is -2.53. The van der Waals surface area contributed by atoms with Crippen LogP contribution in [0.15, 0.2) is 48.5 Å². The second-order valence-electron chi connectivity index (χ2n) is 6.84. The lowest BCUT2D eigenvalue weighted by Crippen LogP contribution is -2.30. The minimum Gasteiger partial charge on any atom is -0.313 e. The van der Waals surface area contributed by atoms with Gasteiger partial charge in [-0.05, 0) is 37.6 Å². The molecule has 0 aliphatic carbocycles. The Morgan fingerprint density at radius 2 is 1.37 bits per heavy atom. The maximum absolute atomic E-state index is 13.5. The molecule has 27 heavy (non-hydrogen) atoms. The molecule has 2 aromatic rings. The summed E-state index contributed by atoms with van der Waals surface area (Å²) in [5.74, 6) is -0.515. The number of halogens is 1. The summed E-state index contributed by atoms with van der Waals surface area (Å²) in [6.07, 6.45) is 4.98. The molecule has 0 aromatic heterocycles. The molecule has 3 rings (SSSR count). The Morgan fingerprint density at radius 3 is 2.07 bits per heavy atom. The number of amides is 2. The number of rotatable bonds is 10. The van der Waals surface area contributed by atoms with Crippen LogP contribution in [0.25, 0.3) is 0 Å². The van der Waals surface area contributed by atoms with E-state index in [2.05, 4.69) is 5.32 Å². The molecule has 1 aliphatic heterocycles. The van der Waals surface area contributed by atoms with E-state index in [0.717, 1.165) is 38.6 Å². The number of carbonyl (C=O) groups excluding carboxylic acids is 2. The Morgan fingerprint density at radius 1 is 0.778 bits per heavy atom. The highest BCUT2D eigenvalue weighted by molar-refractivity contribution is 6.21. The fraction of sp³-hybridized carbons (Fsp3) is 0.364. The van der Waals surface area contributed by atoms with Crippen LogP contribution in [-0.2, 0) is 6.54 Å². The second-order valence-corrected chi connectivity index (χ2v) is 6.84. The van der Waals surface area contributed by atoms with Crippen molar-refractivity contribution in [3.05, 3.63) is 71.0 Å². The number of imide groups is 1. The van der Waals surface area contributed by atoms with Crippen molar-refractivity contribution < 1.29 is 14.0 Å². The SMILES string of the molecule is O=C1c2ccccc2C(=O)N1CCCCCCCNCc1ccccc1F. The van der Waals surface area contributed by atoms with E-state index in [1.54, 1.807) is 36.4 Å². The number of hydrogen-bond acceptors (Lipinski definition) is 3. The molecule has 0 saturated heterocycles. The van der Waals surface area contributed by atoms with Crippen molar-refractivity contribution in [2.75, 3.05) is 13.1 Å². The molecule has 0 saturated carbocycles. The van der Waals surface area contributed by atoms with Crippen molar-refractivity contribution >= 4 is 11.8 Å². The van der Waals surface area contributed by atoms with E-state index >= 15 is 0 Å². The summed E-state index contributed by atoms with van der Waals surface area (Å²) in [7, 11) is 0. The molecule has 2 aromatic carbocycles. The van der Waals surface area contributed by atoms with Gasteiger partial charge in [-0.15, -0.1) is 0 Å². The van der Waals surface area contributed by atoms with Crippen LogP contribution in [0.3, 0.4) is 0 Å². The largest absolute Gasteiger partial charge is 0.313 e. The summed E-state index contributed by atoms with van der Waals surface area (Å²) in [6, 6.07) is 13.8. The summed E-state index contributed by atoms with van der Waals surface area (Å²) in [5.41, 5.74) is 1.73. The van der Waals surface area contributed by atoms with Gasteiger partial charge in [0, 0.05) is 18.7 Å². The number of fused-ring (bicyclic) bond motifs is 1. The molecule has 0 radical (unpaired) electrons. The Bertz CT molecular complexity index is 771. The molecule has 1 N–H and O–H groups in total. The van der Waals surface area contributed by atoms with Gasteiger partial charge in [-0.2, -0.15) is 0 Å². The molecule has 0 unspecified atom stereocenters. The minimum atomic E-state index is -0.173. The average Bonchev–Trinajstić information content (AvgIpc) is 2.93. The smallest absolute Gasteiger partial charge is 0.261 e. The van der Waals surface area contributed by atoms with Crippen LogP contribution in [0.5, 0.6) is 0 Å². The first-order valence-electron chi connectivity index (χ1n) is 9.58. The normalized spacial score (nSPS) is 13.3. The summed E-state index contributed by atoms with van der Waals surface area (Å²) in [4.78, 5) is 25.9. The van der Waals surface area contributed by atoms with E-state index in [1.807, 2.05) is 6.07 Å². The highest BCUT2D eigenvalue weighted by Crippen LogP contribution is 2.22. The molecule has 0 atom stereocenters. The van der Waals surface area contributed by atoms with Gasteiger partial charge in [0.15, 0.2) is 0 Å². The summed E-state index contributed by atoms with van der Waals surface area (Å²) >= 11 is 0. The van der Waals surface area contributed by atoms with E-state index in [-0.39, 0.29) is 17.6 Å². The van der Waals surface area contributed by atoms with Crippen LogP contribution in [0.4, 0.5) is 4.39 Å². The van der Waals surface area contributed by atoms with Crippen LogP contribution >= 0.6 is 0 Å². The number of unbranched alkanes of at least 4 members (excludes halogenated alkanes) is 4. The van der Waals surface area contributed by atoms with Gasteiger partial charge in [0.1, 0.15) is 5.82 Å². The fourth-order valence-corrected chi connectivity index (χ4v) is 3.36. The zero-order chi connectivity index (χ0) is 19.1. The maximum atomic E-state index is 13.5. The molecular weight excluding hydrogens is 343 g/mol. The Labute approximate surface area is 159 Å². The van der Waals surface area contributed by atoms with Crippen molar-refractivity contribution in [2.45, 2.75) is 38.6 Å². The van der Waals surface area contributed by atoms with Gasteiger partial charge in [-0.3, -0.25) is 14.5 Å². The molecule has 0 bridgehead atoms. The molecule has 1 aliphatic rings. The maximum Gasteiger partial charge on any atom is 0.261 e. The Balaban J connectivity index is 1.26. The first-order valence-corrected chi connectivity index (χ1v) is 9.58. The van der Waals surface area contributed by atoms with Gasteiger partial charge in [0.2, 0.25) is 0 Å². The van der Waals surface area contributed by atoms with Gasteiger partial charge >= 0.3 is 0 Å². The van der Waals surface area contributed by atoms with Crippen molar-refractivity contribution in [1.29, 1.82) is 0 Å². The van der Waals surface area contributed by atoms with E-state index < -0.39 is 0 Å². The first kappa shape index (κ1) is 19.2. The number of nitrogens with zero attached hydrogens (tertiary/aromatic N) is 1. The number of benzene rings is 2. The zero-order valence-electron chi connectivity index (χ0n) is 15.4. The average molecular weight is 368 g/mol. The van der Waals surface area contributed by atoms with Gasteiger partial charge in [0.05, 0.1) is 11.1 Å². The molecule has 0 spiro atoms. The monoisotopic (exact) mass is 368 g/mol. The second kappa shape index (κ2) is 9.42. The lowest BCUT2D eigenvalue weighted by molar-refractivity contribution is 0.0651. The lowest BCUT2D eigenvalue weighted by atomic mass is 10.1. The minimum absolute atomic E-state index is 0.168. The van der Waals surface area contributed by atoms with E-state index in [1.165, 1.54) is 11.0 Å². The fourth-order valence-electron chi connectivity index (χ4n) is 3.36. The van der Waals surface area contributed by atoms with Crippen LogP contribution in [0.2, 0.25) is 0 Å². The predicted molar refractivity (Wildman–Crippen MR) is 103 cm³/mol. The number of nitrogens with one attached hydrogen (secondary N) is 1. The summed E-state index contributed by atoms with van der Waals surface area (Å²) < 4.78 is 13.5. The third kappa shape index (κ3) is 4.80. The highest BCUT2D eigenvalue weighted by Gasteiger charge is 2.34. The van der Waals surface area contributed by atoms with Crippen molar-refractivity contribution in [2.24, 2.45) is 0 Å². The molecule has 1 heterocycles. The quantitative estimate of drug-likeness (QED) is 0.506. The van der Waals surface area contributed by atoms with Crippen LogP contribution < -0.4 is 5.32 Å². The zero-order valence-corrected chi connectivity index (χ0v) is 15.4. The molecule has 4 nitrogen and oxygen atoms in total. The van der Waals surface area contributed by atoms with Gasteiger partial charge < -0.3 is 5.32 Å². The van der Waals surface area contributed by atoms with Crippen LogP contribution in [-0.4, -0.2) is 29.8 Å². The standard InChI is InChI=1S/C22H25FN2O2/c23-20-13-7-4-10-17(20)16-24-14-8-2-1-3-9-15-25-21(26)18-11-5-6-12-19(18)22(25)27/h4-7,10-13,24H,1-3,8-9,14-16H2. The highest BCUT2D eigenvalue weighted by atomic mass is 19.1. The third-order valence-corrected chi connectivity index (χ3v) is 4.89.